The van der Waals surface area contributed by atoms with E-state index in [1.54, 1.807) is 19.1 Å². The van der Waals surface area contributed by atoms with Gasteiger partial charge in [0, 0.05) is 31.1 Å². The van der Waals surface area contributed by atoms with Crippen molar-refractivity contribution in [1.82, 2.24) is 15.5 Å². The Hall–Kier alpha value is -1.95. The average Bonchev–Trinajstić information content (AvgIpc) is 2.82. The molecule has 1 N–H and O–H groups in total. The molecule has 6 heteroatoms. The summed E-state index contributed by atoms with van der Waals surface area (Å²) in [5.74, 6) is 1.44. The number of hydrogen-bond donors (Lipinski definition) is 1. The molecule has 1 heterocycles. The number of halogens is 1. The number of nitrogens with zero attached hydrogens (tertiary/aromatic N) is 2. The Labute approximate surface area is 110 Å². The third-order valence-corrected chi connectivity index (χ3v) is 2.66. The first-order valence-corrected chi connectivity index (χ1v) is 6.01. The number of benzene rings is 1. The summed E-state index contributed by atoms with van der Waals surface area (Å²) >= 11 is 0. The number of hydrogen-bond acceptors (Lipinski definition) is 5. The summed E-state index contributed by atoms with van der Waals surface area (Å²) < 4.78 is 23.6. The molecule has 0 fully saturated rings. The molecule has 0 bridgehead atoms. The van der Waals surface area contributed by atoms with Crippen LogP contribution in [0.4, 0.5) is 4.39 Å². The van der Waals surface area contributed by atoms with Gasteiger partial charge in [0.05, 0.1) is 7.11 Å². The standard InChI is InChI=1S/C13H16FN3O2/c1-9-16-13(19-17-9)5-6-15-8-10-3-4-11(18-2)7-12(10)14/h3-4,7,15H,5-6,8H2,1-2H3. The number of ether oxygens (including phenoxy) is 1. The van der Waals surface area contributed by atoms with Crippen molar-refractivity contribution in [3.05, 3.63) is 41.3 Å². The first-order valence-electron chi connectivity index (χ1n) is 6.01. The second kappa shape index (κ2) is 6.29. The lowest BCUT2D eigenvalue weighted by molar-refractivity contribution is 0.372. The molecule has 0 aliphatic rings. The molecule has 2 aromatic rings. The fraction of sp³-hybridized carbons (Fsp3) is 0.385. The van der Waals surface area contributed by atoms with Crippen LogP contribution in [0, 0.1) is 12.7 Å². The predicted molar refractivity (Wildman–Crippen MR) is 67.4 cm³/mol. The van der Waals surface area contributed by atoms with Crippen LogP contribution in [0.25, 0.3) is 0 Å². The Kier molecular flexibility index (Phi) is 4.46. The molecule has 102 valence electrons. The van der Waals surface area contributed by atoms with E-state index in [1.807, 2.05) is 0 Å². The average molecular weight is 265 g/mol. The second-order valence-electron chi connectivity index (χ2n) is 4.12. The van der Waals surface area contributed by atoms with Crippen molar-refractivity contribution < 1.29 is 13.7 Å². The van der Waals surface area contributed by atoms with Crippen LogP contribution >= 0.6 is 0 Å². The van der Waals surface area contributed by atoms with E-state index in [2.05, 4.69) is 15.5 Å². The number of aromatic nitrogens is 2. The van der Waals surface area contributed by atoms with E-state index >= 15 is 0 Å². The molecule has 19 heavy (non-hydrogen) atoms. The van der Waals surface area contributed by atoms with Gasteiger partial charge in [0.2, 0.25) is 5.89 Å². The van der Waals surface area contributed by atoms with Crippen molar-refractivity contribution in [2.75, 3.05) is 13.7 Å². The maximum atomic E-state index is 13.6. The molecule has 0 atom stereocenters. The van der Waals surface area contributed by atoms with Gasteiger partial charge in [-0.05, 0) is 13.0 Å². The minimum Gasteiger partial charge on any atom is -0.497 e. The van der Waals surface area contributed by atoms with Crippen molar-refractivity contribution >= 4 is 0 Å². The predicted octanol–water partition coefficient (Wildman–Crippen LogP) is 1.86. The lowest BCUT2D eigenvalue weighted by Gasteiger charge is -2.06. The Morgan fingerprint density at radius 3 is 2.89 bits per heavy atom. The lowest BCUT2D eigenvalue weighted by atomic mass is 10.2. The van der Waals surface area contributed by atoms with Crippen LogP contribution in [0.3, 0.4) is 0 Å². The van der Waals surface area contributed by atoms with Crippen LogP contribution in [0.5, 0.6) is 5.75 Å². The Morgan fingerprint density at radius 2 is 2.26 bits per heavy atom. The molecule has 1 aromatic carbocycles. The first kappa shape index (κ1) is 13.5. The summed E-state index contributed by atoms with van der Waals surface area (Å²) in [4.78, 5) is 4.09. The van der Waals surface area contributed by atoms with Crippen molar-refractivity contribution in [3.63, 3.8) is 0 Å². The first-order chi connectivity index (χ1) is 9.19. The van der Waals surface area contributed by atoms with E-state index in [1.165, 1.54) is 13.2 Å². The highest BCUT2D eigenvalue weighted by molar-refractivity contribution is 5.28. The van der Waals surface area contributed by atoms with E-state index in [0.29, 0.717) is 42.5 Å². The summed E-state index contributed by atoms with van der Waals surface area (Å²) in [6, 6.07) is 4.82. The number of nitrogens with one attached hydrogen (secondary N) is 1. The third-order valence-electron chi connectivity index (χ3n) is 2.66. The van der Waals surface area contributed by atoms with Crippen LogP contribution in [-0.4, -0.2) is 23.8 Å². The second-order valence-corrected chi connectivity index (χ2v) is 4.12. The summed E-state index contributed by atoms with van der Waals surface area (Å²) in [5, 5.41) is 6.83. The molecule has 0 unspecified atom stereocenters. The van der Waals surface area contributed by atoms with Gasteiger partial charge in [0.15, 0.2) is 5.82 Å². The van der Waals surface area contributed by atoms with Crippen LogP contribution in [0.15, 0.2) is 22.7 Å². The molecule has 0 amide bonds. The molecule has 5 nitrogen and oxygen atoms in total. The number of methoxy groups -OCH3 is 1. The maximum absolute atomic E-state index is 13.6. The fourth-order valence-electron chi connectivity index (χ4n) is 1.66. The normalized spacial score (nSPS) is 10.7. The molecule has 0 saturated carbocycles. The minimum atomic E-state index is -0.277. The SMILES string of the molecule is COc1ccc(CNCCc2nc(C)no2)c(F)c1. The molecule has 0 saturated heterocycles. The summed E-state index contributed by atoms with van der Waals surface area (Å²) in [6.07, 6.45) is 0.624. The van der Waals surface area contributed by atoms with Crippen molar-refractivity contribution in [3.8, 4) is 5.75 Å². The van der Waals surface area contributed by atoms with Gasteiger partial charge in [-0.25, -0.2) is 4.39 Å². The molecule has 0 aliphatic carbocycles. The summed E-state index contributed by atoms with van der Waals surface area (Å²) in [7, 11) is 1.51. The topological polar surface area (TPSA) is 60.2 Å². The van der Waals surface area contributed by atoms with E-state index in [-0.39, 0.29) is 5.82 Å². The zero-order valence-corrected chi connectivity index (χ0v) is 10.9. The summed E-state index contributed by atoms with van der Waals surface area (Å²) in [6.45, 7) is 2.86. The highest BCUT2D eigenvalue weighted by Crippen LogP contribution is 2.15. The smallest absolute Gasteiger partial charge is 0.227 e. The Balaban J connectivity index is 1.79. The van der Waals surface area contributed by atoms with Crippen LogP contribution < -0.4 is 10.1 Å². The zero-order chi connectivity index (χ0) is 13.7. The highest BCUT2D eigenvalue weighted by Gasteiger charge is 2.05. The van der Waals surface area contributed by atoms with Gasteiger partial charge in [-0.1, -0.05) is 11.2 Å². The van der Waals surface area contributed by atoms with Gasteiger partial charge in [0.25, 0.3) is 0 Å². The van der Waals surface area contributed by atoms with Gasteiger partial charge in [0.1, 0.15) is 11.6 Å². The monoisotopic (exact) mass is 265 g/mol. The minimum absolute atomic E-state index is 0.277. The van der Waals surface area contributed by atoms with Gasteiger partial charge in [-0.2, -0.15) is 4.98 Å². The Bertz CT molecular complexity index is 542. The van der Waals surface area contributed by atoms with Crippen molar-refractivity contribution in [2.24, 2.45) is 0 Å². The lowest BCUT2D eigenvalue weighted by Crippen LogP contribution is -2.17. The van der Waals surface area contributed by atoms with Gasteiger partial charge >= 0.3 is 0 Å². The molecule has 2 rings (SSSR count). The van der Waals surface area contributed by atoms with E-state index in [9.17, 15) is 4.39 Å². The van der Waals surface area contributed by atoms with E-state index in [4.69, 9.17) is 9.26 Å². The maximum Gasteiger partial charge on any atom is 0.227 e. The van der Waals surface area contributed by atoms with E-state index < -0.39 is 0 Å². The number of aryl methyl sites for hydroxylation is 1. The zero-order valence-electron chi connectivity index (χ0n) is 10.9. The quantitative estimate of drug-likeness (QED) is 0.808. The Morgan fingerprint density at radius 1 is 1.42 bits per heavy atom. The molecule has 0 aliphatic heterocycles. The van der Waals surface area contributed by atoms with Gasteiger partial charge in [-0.15, -0.1) is 0 Å². The molecular formula is C13H16FN3O2. The fourth-order valence-corrected chi connectivity index (χ4v) is 1.66. The van der Waals surface area contributed by atoms with E-state index in [0.717, 1.165) is 0 Å². The molecule has 0 radical (unpaired) electrons. The largest absolute Gasteiger partial charge is 0.497 e. The van der Waals surface area contributed by atoms with Crippen LogP contribution in [0.1, 0.15) is 17.3 Å². The molecule has 1 aromatic heterocycles. The van der Waals surface area contributed by atoms with Gasteiger partial charge < -0.3 is 14.6 Å². The molecule has 0 spiro atoms. The van der Waals surface area contributed by atoms with Crippen LogP contribution in [0.2, 0.25) is 0 Å². The van der Waals surface area contributed by atoms with Crippen LogP contribution in [-0.2, 0) is 13.0 Å². The third kappa shape index (κ3) is 3.75. The van der Waals surface area contributed by atoms with Crippen molar-refractivity contribution in [2.45, 2.75) is 19.9 Å². The van der Waals surface area contributed by atoms with Crippen molar-refractivity contribution in [1.29, 1.82) is 0 Å². The molecular weight excluding hydrogens is 249 g/mol. The number of rotatable bonds is 6. The highest BCUT2D eigenvalue weighted by atomic mass is 19.1. The van der Waals surface area contributed by atoms with Gasteiger partial charge in [-0.3, -0.25) is 0 Å². The summed E-state index contributed by atoms with van der Waals surface area (Å²) in [5.41, 5.74) is 0.600.